The summed E-state index contributed by atoms with van der Waals surface area (Å²) in [5.41, 5.74) is 0. The molecule has 0 aliphatic heterocycles. The first-order valence-electron chi connectivity index (χ1n) is 5.55. The van der Waals surface area contributed by atoms with Crippen molar-refractivity contribution in [3.63, 3.8) is 0 Å². The summed E-state index contributed by atoms with van der Waals surface area (Å²) in [7, 11) is 1.55. The molecule has 2 N–H and O–H groups in total. The van der Waals surface area contributed by atoms with Crippen LogP contribution in [0, 0.1) is 0 Å². The zero-order chi connectivity index (χ0) is 12.5. The Balaban J connectivity index is 2.15. The third-order valence-electron chi connectivity index (χ3n) is 2.19. The molecule has 0 amide bonds. The van der Waals surface area contributed by atoms with Gasteiger partial charge in [-0.1, -0.05) is 6.42 Å². The molecular weight excluding hydrogens is 222 g/mol. The summed E-state index contributed by atoms with van der Waals surface area (Å²) in [5, 5.41) is 11.5. The maximum absolute atomic E-state index is 10.3. The topological polar surface area (TPSA) is 84.3 Å². The number of ether oxygens (including phenoxy) is 1. The van der Waals surface area contributed by atoms with Crippen LogP contribution in [0.5, 0.6) is 5.88 Å². The lowest BCUT2D eigenvalue weighted by molar-refractivity contribution is -0.137. The Bertz CT molecular complexity index is 358. The summed E-state index contributed by atoms with van der Waals surface area (Å²) < 4.78 is 4.97. The lowest BCUT2D eigenvalue weighted by Crippen LogP contribution is -2.06. The molecule has 1 heterocycles. The van der Waals surface area contributed by atoms with Gasteiger partial charge < -0.3 is 15.2 Å². The van der Waals surface area contributed by atoms with Gasteiger partial charge in [-0.25, -0.2) is 4.98 Å². The maximum Gasteiger partial charge on any atom is 0.303 e. The van der Waals surface area contributed by atoms with Gasteiger partial charge in [-0.3, -0.25) is 4.79 Å². The number of rotatable bonds is 8. The molecule has 17 heavy (non-hydrogen) atoms. The van der Waals surface area contributed by atoms with Crippen molar-refractivity contribution in [2.45, 2.75) is 25.7 Å². The molecule has 1 aromatic heterocycles. The number of carboxylic acid groups (broad SMARTS) is 1. The first-order chi connectivity index (χ1) is 8.22. The van der Waals surface area contributed by atoms with E-state index in [4.69, 9.17) is 9.84 Å². The fourth-order valence-corrected chi connectivity index (χ4v) is 1.32. The minimum atomic E-state index is -0.742. The van der Waals surface area contributed by atoms with E-state index < -0.39 is 5.97 Å². The molecule has 1 aromatic rings. The van der Waals surface area contributed by atoms with Crippen molar-refractivity contribution in [1.82, 2.24) is 9.97 Å². The van der Waals surface area contributed by atoms with E-state index >= 15 is 0 Å². The molecule has 94 valence electrons. The number of nitrogens with zero attached hydrogens (tertiary/aromatic N) is 2. The van der Waals surface area contributed by atoms with Gasteiger partial charge in [0.05, 0.1) is 7.11 Å². The number of carboxylic acids is 1. The normalized spacial score (nSPS) is 9.94. The van der Waals surface area contributed by atoms with Crippen LogP contribution in [0.3, 0.4) is 0 Å². The molecule has 0 fully saturated rings. The van der Waals surface area contributed by atoms with Crippen LogP contribution in [0.4, 0.5) is 5.95 Å². The van der Waals surface area contributed by atoms with Crippen molar-refractivity contribution < 1.29 is 14.6 Å². The van der Waals surface area contributed by atoms with Gasteiger partial charge in [-0.2, -0.15) is 4.98 Å². The molecule has 0 unspecified atom stereocenters. The first-order valence-corrected chi connectivity index (χ1v) is 5.55. The average molecular weight is 239 g/mol. The van der Waals surface area contributed by atoms with Crippen LogP contribution in [-0.4, -0.2) is 34.7 Å². The average Bonchev–Trinajstić information content (AvgIpc) is 2.33. The van der Waals surface area contributed by atoms with Gasteiger partial charge in [0, 0.05) is 25.2 Å². The first kappa shape index (κ1) is 13.2. The van der Waals surface area contributed by atoms with Crippen LogP contribution in [0.1, 0.15) is 25.7 Å². The minimum absolute atomic E-state index is 0.232. The third-order valence-corrected chi connectivity index (χ3v) is 2.19. The van der Waals surface area contributed by atoms with E-state index in [0.29, 0.717) is 18.2 Å². The molecule has 0 spiro atoms. The van der Waals surface area contributed by atoms with Crippen LogP contribution in [0.15, 0.2) is 12.3 Å². The van der Waals surface area contributed by atoms with E-state index in [2.05, 4.69) is 15.3 Å². The van der Waals surface area contributed by atoms with Crippen LogP contribution >= 0.6 is 0 Å². The largest absolute Gasteiger partial charge is 0.481 e. The molecule has 0 saturated heterocycles. The van der Waals surface area contributed by atoms with Crippen molar-refractivity contribution in [2.75, 3.05) is 19.0 Å². The van der Waals surface area contributed by atoms with Gasteiger partial charge in [0.25, 0.3) is 0 Å². The monoisotopic (exact) mass is 239 g/mol. The Morgan fingerprint density at radius 3 is 3.00 bits per heavy atom. The Morgan fingerprint density at radius 2 is 2.29 bits per heavy atom. The second kappa shape index (κ2) is 7.43. The highest BCUT2D eigenvalue weighted by molar-refractivity contribution is 5.66. The number of anilines is 1. The fourth-order valence-electron chi connectivity index (χ4n) is 1.32. The predicted molar refractivity (Wildman–Crippen MR) is 63.2 cm³/mol. The van der Waals surface area contributed by atoms with E-state index in [9.17, 15) is 4.79 Å². The summed E-state index contributed by atoms with van der Waals surface area (Å²) in [6, 6.07) is 1.68. The molecule has 0 aliphatic carbocycles. The van der Waals surface area contributed by atoms with Crippen molar-refractivity contribution >= 4 is 11.9 Å². The summed E-state index contributed by atoms with van der Waals surface area (Å²) in [6.45, 7) is 0.729. The van der Waals surface area contributed by atoms with Gasteiger partial charge in [-0.15, -0.1) is 0 Å². The van der Waals surface area contributed by atoms with E-state index in [1.54, 1.807) is 19.4 Å². The number of methoxy groups -OCH3 is 1. The highest BCUT2D eigenvalue weighted by Crippen LogP contribution is 2.07. The molecule has 0 radical (unpaired) electrons. The van der Waals surface area contributed by atoms with Crippen LogP contribution in [-0.2, 0) is 4.79 Å². The fraction of sp³-hybridized carbons (Fsp3) is 0.545. The molecular formula is C11H17N3O3. The molecule has 6 heteroatoms. The smallest absolute Gasteiger partial charge is 0.303 e. The number of carbonyl (C=O) groups is 1. The number of hydrogen-bond donors (Lipinski definition) is 2. The van der Waals surface area contributed by atoms with E-state index in [-0.39, 0.29) is 6.42 Å². The van der Waals surface area contributed by atoms with Gasteiger partial charge in [0.15, 0.2) is 0 Å². The van der Waals surface area contributed by atoms with Crippen LogP contribution in [0.25, 0.3) is 0 Å². The molecule has 0 saturated carbocycles. The van der Waals surface area contributed by atoms with Crippen molar-refractivity contribution in [3.8, 4) is 5.88 Å². The Kier molecular flexibility index (Phi) is 5.77. The van der Waals surface area contributed by atoms with Crippen molar-refractivity contribution in [1.29, 1.82) is 0 Å². The predicted octanol–water partition coefficient (Wildman–Crippen LogP) is 1.54. The Hall–Kier alpha value is -1.85. The molecule has 1 rings (SSSR count). The number of hydrogen-bond acceptors (Lipinski definition) is 5. The van der Waals surface area contributed by atoms with Crippen molar-refractivity contribution in [3.05, 3.63) is 12.3 Å². The molecule has 0 atom stereocenters. The van der Waals surface area contributed by atoms with Gasteiger partial charge in [0.1, 0.15) is 0 Å². The second-order valence-corrected chi connectivity index (χ2v) is 3.55. The number of nitrogens with one attached hydrogen (secondary N) is 1. The summed E-state index contributed by atoms with van der Waals surface area (Å²) in [4.78, 5) is 18.4. The van der Waals surface area contributed by atoms with Gasteiger partial charge >= 0.3 is 5.97 Å². The van der Waals surface area contributed by atoms with Gasteiger partial charge in [0.2, 0.25) is 11.8 Å². The summed E-state index contributed by atoms with van der Waals surface area (Å²) in [6.07, 6.45) is 4.33. The minimum Gasteiger partial charge on any atom is -0.481 e. The highest BCUT2D eigenvalue weighted by atomic mass is 16.5. The highest BCUT2D eigenvalue weighted by Gasteiger charge is 1.99. The molecule has 6 nitrogen and oxygen atoms in total. The van der Waals surface area contributed by atoms with Crippen LogP contribution in [0.2, 0.25) is 0 Å². The quantitative estimate of drug-likeness (QED) is 0.669. The maximum atomic E-state index is 10.3. The molecule has 0 aromatic carbocycles. The summed E-state index contributed by atoms with van der Waals surface area (Å²) in [5.74, 6) is 0.310. The zero-order valence-electron chi connectivity index (χ0n) is 9.85. The van der Waals surface area contributed by atoms with E-state index in [0.717, 1.165) is 19.4 Å². The lowest BCUT2D eigenvalue weighted by Gasteiger charge is -2.05. The third kappa shape index (κ3) is 5.70. The number of aromatic nitrogens is 2. The lowest BCUT2D eigenvalue weighted by atomic mass is 10.2. The zero-order valence-corrected chi connectivity index (χ0v) is 9.85. The standard InChI is InChI=1S/C11H17N3O3/c1-17-9-6-8-13-11(14-9)12-7-4-2-3-5-10(15)16/h6,8H,2-5,7H2,1H3,(H,15,16)(H,12,13,14). The van der Waals surface area contributed by atoms with E-state index in [1.165, 1.54) is 0 Å². The SMILES string of the molecule is COc1ccnc(NCCCCCC(=O)O)n1. The second-order valence-electron chi connectivity index (χ2n) is 3.55. The summed E-state index contributed by atoms with van der Waals surface area (Å²) >= 11 is 0. The Morgan fingerprint density at radius 1 is 1.47 bits per heavy atom. The number of aliphatic carboxylic acids is 1. The van der Waals surface area contributed by atoms with Crippen LogP contribution < -0.4 is 10.1 Å². The van der Waals surface area contributed by atoms with E-state index in [1.807, 2.05) is 0 Å². The van der Waals surface area contributed by atoms with Crippen molar-refractivity contribution in [2.24, 2.45) is 0 Å². The number of unbranched alkanes of at least 4 members (excludes halogenated alkanes) is 2. The van der Waals surface area contributed by atoms with Gasteiger partial charge in [-0.05, 0) is 12.8 Å². The molecule has 0 aliphatic rings. The Labute approximate surface area is 100 Å². The molecule has 0 bridgehead atoms.